The van der Waals surface area contributed by atoms with Gasteiger partial charge in [0.2, 0.25) is 0 Å². The van der Waals surface area contributed by atoms with Gasteiger partial charge >= 0.3 is 0 Å². The summed E-state index contributed by atoms with van der Waals surface area (Å²) >= 11 is 0. The largest absolute Gasteiger partial charge is 0.508 e. The van der Waals surface area contributed by atoms with Crippen LogP contribution < -0.4 is 0 Å². The minimum Gasteiger partial charge on any atom is -0.508 e. The molecular formula is C9H12OTb. The fourth-order valence-electron chi connectivity index (χ4n) is 0.937. The van der Waals surface area contributed by atoms with Gasteiger partial charge in [0.05, 0.1) is 0 Å². The molecule has 1 radical (unpaired) electrons. The summed E-state index contributed by atoms with van der Waals surface area (Å²) in [5.74, 6) is 0.386. The molecule has 1 N–H and O–H groups in total. The maximum absolute atomic E-state index is 9.14. The number of phenolic OH excluding ortho intramolecular Hbond substituents is 1. The summed E-state index contributed by atoms with van der Waals surface area (Å²) in [7, 11) is 0. The first-order valence-electron chi connectivity index (χ1n) is 3.52. The van der Waals surface area contributed by atoms with Gasteiger partial charge in [-0.1, -0.05) is 19.1 Å². The Morgan fingerprint density at radius 2 is 2.00 bits per heavy atom. The van der Waals surface area contributed by atoms with Gasteiger partial charge in [0.25, 0.3) is 0 Å². The van der Waals surface area contributed by atoms with Crippen molar-refractivity contribution in [3.8, 4) is 5.75 Å². The van der Waals surface area contributed by atoms with E-state index >= 15 is 0 Å². The van der Waals surface area contributed by atoms with Crippen LogP contribution in [0, 0.1) is 45.5 Å². The van der Waals surface area contributed by atoms with Crippen LogP contribution in [0.3, 0.4) is 0 Å². The first-order valence-corrected chi connectivity index (χ1v) is 3.52. The van der Waals surface area contributed by atoms with Crippen LogP contribution in [0.25, 0.3) is 0 Å². The van der Waals surface area contributed by atoms with Crippen LogP contribution in [0.15, 0.2) is 18.2 Å². The number of aromatic hydroxyl groups is 1. The van der Waals surface area contributed by atoms with Gasteiger partial charge in [-0.15, -0.1) is 0 Å². The Bertz CT molecular complexity index is 233. The summed E-state index contributed by atoms with van der Waals surface area (Å²) in [6, 6.07) is 5.70. The Labute approximate surface area is 98.3 Å². The molecule has 0 saturated heterocycles. The fraction of sp³-hybridized carbons (Fsp3) is 0.333. The van der Waals surface area contributed by atoms with Crippen LogP contribution in [0.1, 0.15) is 18.1 Å². The van der Waals surface area contributed by atoms with Gasteiger partial charge < -0.3 is 5.11 Å². The van der Waals surface area contributed by atoms with Crippen molar-refractivity contribution in [2.45, 2.75) is 20.3 Å². The van der Waals surface area contributed by atoms with E-state index in [0.29, 0.717) is 5.75 Å². The summed E-state index contributed by atoms with van der Waals surface area (Å²) in [4.78, 5) is 0. The molecule has 0 unspecified atom stereocenters. The van der Waals surface area contributed by atoms with E-state index in [1.54, 1.807) is 6.07 Å². The van der Waals surface area contributed by atoms with Crippen molar-refractivity contribution in [2.75, 3.05) is 0 Å². The molecule has 0 amide bonds. The maximum atomic E-state index is 9.14. The monoisotopic (exact) mass is 295 g/mol. The summed E-state index contributed by atoms with van der Waals surface area (Å²) in [6.07, 6.45) is 1.03. The molecule has 0 saturated carbocycles. The molecule has 0 heterocycles. The van der Waals surface area contributed by atoms with Gasteiger partial charge in [-0.25, -0.2) is 0 Å². The number of hydrogen-bond acceptors (Lipinski definition) is 1. The summed E-state index contributed by atoms with van der Waals surface area (Å²) in [5.41, 5.74) is 2.23. The van der Waals surface area contributed by atoms with E-state index in [1.807, 2.05) is 19.1 Å². The normalized spacial score (nSPS) is 8.91. The second-order valence-corrected chi connectivity index (χ2v) is 2.47. The predicted octanol–water partition coefficient (Wildman–Crippen LogP) is 2.26. The van der Waals surface area contributed by atoms with E-state index in [-0.39, 0.29) is 38.6 Å². The SMILES string of the molecule is CCc1ccc(O)c(C)c1.[Tb]. The minimum atomic E-state index is 0. The second-order valence-electron chi connectivity index (χ2n) is 2.47. The summed E-state index contributed by atoms with van der Waals surface area (Å²) < 4.78 is 0. The van der Waals surface area contributed by atoms with Crippen molar-refractivity contribution in [2.24, 2.45) is 0 Å². The molecule has 1 aromatic rings. The second kappa shape index (κ2) is 5.04. The summed E-state index contributed by atoms with van der Waals surface area (Å²) in [5, 5.41) is 9.14. The first-order chi connectivity index (χ1) is 4.74. The van der Waals surface area contributed by atoms with Gasteiger partial charge in [-0.2, -0.15) is 0 Å². The van der Waals surface area contributed by atoms with Crippen molar-refractivity contribution in [1.82, 2.24) is 0 Å². The van der Waals surface area contributed by atoms with Gasteiger partial charge in [0, 0.05) is 38.6 Å². The van der Waals surface area contributed by atoms with Gasteiger partial charge in [0.1, 0.15) is 5.75 Å². The van der Waals surface area contributed by atoms with Gasteiger partial charge in [0.15, 0.2) is 0 Å². The number of benzene rings is 1. The molecule has 63 valence electrons. The Morgan fingerprint density at radius 3 is 2.45 bits per heavy atom. The van der Waals surface area contributed by atoms with E-state index in [1.165, 1.54) is 5.56 Å². The van der Waals surface area contributed by atoms with Crippen LogP contribution in [0.5, 0.6) is 5.75 Å². The third-order valence-corrected chi connectivity index (χ3v) is 1.67. The summed E-state index contributed by atoms with van der Waals surface area (Å²) in [6.45, 7) is 4.01. The Hall–Kier alpha value is 0.306. The molecule has 0 aliphatic heterocycles. The zero-order valence-electron chi connectivity index (χ0n) is 6.72. The average molecular weight is 295 g/mol. The average Bonchev–Trinajstić information content (AvgIpc) is 1.95. The molecule has 1 rings (SSSR count). The van der Waals surface area contributed by atoms with Gasteiger partial charge in [-0.05, 0) is 30.5 Å². The molecule has 0 spiro atoms. The molecule has 0 aliphatic rings. The molecule has 1 aromatic carbocycles. The van der Waals surface area contributed by atoms with E-state index in [0.717, 1.165) is 12.0 Å². The quantitative estimate of drug-likeness (QED) is 0.842. The van der Waals surface area contributed by atoms with Crippen LogP contribution in [-0.4, -0.2) is 5.11 Å². The fourth-order valence-corrected chi connectivity index (χ4v) is 0.937. The van der Waals surface area contributed by atoms with E-state index in [2.05, 4.69) is 6.92 Å². The minimum absolute atomic E-state index is 0. The Morgan fingerprint density at radius 1 is 1.36 bits per heavy atom. The van der Waals surface area contributed by atoms with Crippen LogP contribution >= 0.6 is 0 Å². The maximum Gasteiger partial charge on any atom is 0.118 e. The molecular weight excluding hydrogens is 283 g/mol. The number of aryl methyl sites for hydroxylation is 2. The molecule has 0 atom stereocenters. The third-order valence-electron chi connectivity index (χ3n) is 1.67. The van der Waals surface area contributed by atoms with E-state index in [9.17, 15) is 0 Å². The van der Waals surface area contributed by atoms with Crippen molar-refractivity contribution in [3.63, 3.8) is 0 Å². The zero-order chi connectivity index (χ0) is 7.56. The van der Waals surface area contributed by atoms with Crippen LogP contribution in [0.4, 0.5) is 0 Å². The molecule has 0 aliphatic carbocycles. The number of rotatable bonds is 1. The van der Waals surface area contributed by atoms with Crippen LogP contribution in [-0.2, 0) is 6.42 Å². The van der Waals surface area contributed by atoms with Crippen molar-refractivity contribution in [1.29, 1.82) is 0 Å². The molecule has 2 heteroatoms. The van der Waals surface area contributed by atoms with Crippen molar-refractivity contribution < 1.29 is 43.7 Å². The zero-order valence-corrected chi connectivity index (χ0v) is 8.86. The number of phenols is 1. The van der Waals surface area contributed by atoms with Crippen molar-refractivity contribution in [3.05, 3.63) is 29.3 Å². The third kappa shape index (κ3) is 3.03. The standard InChI is InChI=1S/C9H12O.Tb/c1-3-8-4-5-9(10)7(2)6-8;/h4-6,10H,3H2,1-2H3;. The van der Waals surface area contributed by atoms with Crippen molar-refractivity contribution >= 4 is 0 Å². The smallest absolute Gasteiger partial charge is 0.118 e. The van der Waals surface area contributed by atoms with E-state index in [4.69, 9.17) is 5.11 Å². The van der Waals surface area contributed by atoms with Gasteiger partial charge in [-0.3, -0.25) is 0 Å². The predicted molar refractivity (Wildman–Crippen MR) is 42.2 cm³/mol. The molecule has 11 heavy (non-hydrogen) atoms. The molecule has 0 fully saturated rings. The Balaban J connectivity index is 0.000001000. The van der Waals surface area contributed by atoms with Crippen LogP contribution in [0.2, 0.25) is 0 Å². The molecule has 0 aromatic heterocycles. The Kier molecular flexibility index (Phi) is 5.18. The number of hydrogen-bond donors (Lipinski definition) is 1. The first kappa shape index (κ1) is 11.3. The topological polar surface area (TPSA) is 20.2 Å². The molecule has 1 nitrogen and oxygen atoms in total. The molecule has 0 bridgehead atoms. The van der Waals surface area contributed by atoms with E-state index < -0.39 is 0 Å².